The number of carbonyl (C=O) groups is 2. The molecule has 2 aliphatic rings. The lowest BCUT2D eigenvalue weighted by Gasteiger charge is -2.22. The van der Waals surface area contributed by atoms with Crippen LogP contribution in [-0.2, 0) is 24.3 Å². The first-order valence-corrected chi connectivity index (χ1v) is 11.0. The molecule has 9 nitrogen and oxygen atoms in total. The van der Waals surface area contributed by atoms with E-state index in [9.17, 15) is 23.5 Å². The summed E-state index contributed by atoms with van der Waals surface area (Å²) in [7, 11) is 0. The third-order valence-electron chi connectivity index (χ3n) is 6.15. The predicted octanol–water partition coefficient (Wildman–Crippen LogP) is 1.44. The predicted molar refractivity (Wildman–Crippen MR) is 115 cm³/mol. The van der Waals surface area contributed by atoms with Gasteiger partial charge in [0, 0.05) is 19.2 Å². The van der Waals surface area contributed by atoms with E-state index in [1.807, 2.05) is 0 Å². The lowest BCUT2D eigenvalue weighted by atomic mass is 10.1. The maximum Gasteiger partial charge on any atom is 0.255 e. The van der Waals surface area contributed by atoms with Gasteiger partial charge in [-0.3, -0.25) is 14.3 Å². The molecule has 5 rings (SSSR count). The van der Waals surface area contributed by atoms with Crippen LogP contribution in [-0.4, -0.2) is 60.8 Å². The summed E-state index contributed by atoms with van der Waals surface area (Å²) in [6.07, 6.45) is 5.03. The number of fused-ring (bicyclic) bond motifs is 1. The molecule has 2 aliphatic heterocycles. The number of benzene rings is 1. The molecule has 2 aromatic heterocycles. The first-order chi connectivity index (χ1) is 16.4. The summed E-state index contributed by atoms with van der Waals surface area (Å²) in [5, 5.41) is 16.4. The van der Waals surface area contributed by atoms with E-state index in [-0.39, 0.29) is 60.9 Å². The van der Waals surface area contributed by atoms with Crippen molar-refractivity contribution in [2.45, 2.75) is 38.4 Å². The Bertz CT molecular complexity index is 1260. The third-order valence-corrected chi connectivity index (χ3v) is 6.15. The Morgan fingerprint density at radius 1 is 1.21 bits per heavy atom. The topological polar surface area (TPSA) is 113 Å². The van der Waals surface area contributed by atoms with Gasteiger partial charge in [0.2, 0.25) is 5.91 Å². The van der Waals surface area contributed by atoms with Gasteiger partial charge in [-0.05, 0) is 30.5 Å². The second kappa shape index (κ2) is 8.90. The Kier molecular flexibility index (Phi) is 5.78. The number of carbonyl (C=O) groups excluding carboxylic acids is 2. The van der Waals surface area contributed by atoms with Gasteiger partial charge >= 0.3 is 0 Å². The van der Waals surface area contributed by atoms with Crippen molar-refractivity contribution in [3.05, 3.63) is 64.7 Å². The lowest BCUT2D eigenvalue weighted by Crippen LogP contribution is -2.39. The molecule has 1 fully saturated rings. The van der Waals surface area contributed by atoms with Crippen LogP contribution < -0.4 is 5.32 Å². The van der Waals surface area contributed by atoms with Crippen molar-refractivity contribution in [2.75, 3.05) is 13.2 Å². The zero-order valence-corrected chi connectivity index (χ0v) is 18.2. The molecule has 3 aromatic rings. The summed E-state index contributed by atoms with van der Waals surface area (Å²) >= 11 is 0. The molecule has 1 saturated heterocycles. The number of hydrogen-bond acceptors (Lipinski definition) is 6. The van der Waals surface area contributed by atoms with Crippen molar-refractivity contribution < 1.29 is 23.5 Å². The zero-order chi connectivity index (χ0) is 23.8. The highest BCUT2D eigenvalue weighted by Crippen LogP contribution is 2.27. The summed E-state index contributed by atoms with van der Waals surface area (Å²) in [5.41, 5.74) is 1.31. The standard InChI is InChI=1S/C23H22F2N6O3/c24-15-4-1-5-16(25)20(15)22-28-17(21-18(29-22)9-26-23(21)34)7-13-8-27-30(10-13)11-19(33)31-6-2-3-14(31)12-32/h1,4-5,8,10,14,32H,2-3,6-7,9,11-12H2,(H,26,34)/t14-/m0/s1. The smallest absolute Gasteiger partial charge is 0.255 e. The maximum atomic E-state index is 14.4. The molecule has 0 unspecified atom stereocenters. The molecular weight excluding hydrogens is 446 g/mol. The van der Waals surface area contributed by atoms with Crippen LogP contribution in [0.15, 0.2) is 30.6 Å². The Balaban J connectivity index is 1.42. The molecule has 4 heterocycles. The fourth-order valence-electron chi connectivity index (χ4n) is 4.51. The first-order valence-electron chi connectivity index (χ1n) is 11.0. The van der Waals surface area contributed by atoms with E-state index in [4.69, 9.17) is 0 Å². The van der Waals surface area contributed by atoms with Crippen molar-refractivity contribution in [1.82, 2.24) is 30.0 Å². The molecule has 1 aromatic carbocycles. The monoisotopic (exact) mass is 468 g/mol. The molecule has 2 N–H and O–H groups in total. The Hall–Kier alpha value is -3.73. The van der Waals surface area contributed by atoms with Crippen LogP contribution in [0, 0.1) is 11.6 Å². The second-order valence-electron chi connectivity index (χ2n) is 8.38. The van der Waals surface area contributed by atoms with Crippen LogP contribution in [0.3, 0.4) is 0 Å². The maximum absolute atomic E-state index is 14.4. The molecule has 0 radical (unpaired) electrons. The van der Waals surface area contributed by atoms with Gasteiger partial charge < -0.3 is 15.3 Å². The van der Waals surface area contributed by atoms with Crippen LogP contribution >= 0.6 is 0 Å². The van der Waals surface area contributed by atoms with Crippen LogP contribution in [0.2, 0.25) is 0 Å². The van der Waals surface area contributed by atoms with Crippen molar-refractivity contribution >= 4 is 11.8 Å². The number of nitrogens with zero attached hydrogens (tertiary/aromatic N) is 5. The molecule has 0 spiro atoms. The fourth-order valence-corrected chi connectivity index (χ4v) is 4.51. The molecule has 34 heavy (non-hydrogen) atoms. The molecule has 0 aliphatic carbocycles. The number of halogens is 2. The van der Waals surface area contributed by atoms with Gasteiger partial charge in [-0.1, -0.05) is 6.07 Å². The summed E-state index contributed by atoms with van der Waals surface area (Å²) in [4.78, 5) is 35.3. The molecule has 11 heteroatoms. The number of nitrogens with one attached hydrogen (secondary N) is 1. The van der Waals surface area contributed by atoms with Crippen molar-refractivity contribution in [3.8, 4) is 11.4 Å². The molecule has 2 amide bonds. The highest BCUT2D eigenvalue weighted by Gasteiger charge is 2.29. The van der Waals surface area contributed by atoms with Gasteiger partial charge in [-0.25, -0.2) is 18.7 Å². The normalized spacial score (nSPS) is 17.2. The van der Waals surface area contributed by atoms with Gasteiger partial charge in [-0.15, -0.1) is 0 Å². The van der Waals surface area contributed by atoms with Crippen molar-refractivity contribution in [2.24, 2.45) is 0 Å². The van der Waals surface area contributed by atoms with Gasteiger partial charge in [0.05, 0.1) is 47.9 Å². The molecule has 176 valence electrons. The molecule has 1 atom stereocenters. The van der Waals surface area contributed by atoms with Crippen LogP contribution in [0.5, 0.6) is 0 Å². The van der Waals surface area contributed by atoms with E-state index in [1.165, 1.54) is 10.7 Å². The highest BCUT2D eigenvalue weighted by molar-refractivity contribution is 5.99. The van der Waals surface area contributed by atoms with Crippen LogP contribution in [0.25, 0.3) is 11.4 Å². The Labute approximate surface area is 193 Å². The van der Waals surface area contributed by atoms with Gasteiger partial charge in [-0.2, -0.15) is 5.10 Å². The highest BCUT2D eigenvalue weighted by atomic mass is 19.1. The van der Waals surface area contributed by atoms with Crippen LogP contribution in [0.1, 0.15) is 40.2 Å². The minimum absolute atomic E-state index is 0.0184. The van der Waals surface area contributed by atoms with Gasteiger partial charge in [0.1, 0.15) is 18.2 Å². The largest absolute Gasteiger partial charge is 0.394 e. The number of aliphatic hydroxyl groups excluding tert-OH is 1. The molecular formula is C23H22F2N6O3. The zero-order valence-electron chi connectivity index (χ0n) is 18.2. The molecule has 0 saturated carbocycles. The summed E-state index contributed by atoms with van der Waals surface area (Å²) < 4.78 is 30.2. The summed E-state index contributed by atoms with van der Waals surface area (Å²) in [6.45, 7) is 0.699. The Morgan fingerprint density at radius 3 is 2.76 bits per heavy atom. The van der Waals surface area contributed by atoms with E-state index >= 15 is 0 Å². The van der Waals surface area contributed by atoms with Crippen molar-refractivity contribution in [1.29, 1.82) is 0 Å². The van der Waals surface area contributed by atoms with Crippen LogP contribution in [0.4, 0.5) is 8.78 Å². The van der Waals surface area contributed by atoms with E-state index in [0.29, 0.717) is 23.5 Å². The minimum atomic E-state index is -0.794. The quantitative estimate of drug-likeness (QED) is 0.566. The summed E-state index contributed by atoms with van der Waals surface area (Å²) in [6, 6.07) is 3.34. The van der Waals surface area contributed by atoms with E-state index in [0.717, 1.165) is 25.0 Å². The first kappa shape index (κ1) is 22.1. The molecule has 0 bridgehead atoms. The summed E-state index contributed by atoms with van der Waals surface area (Å²) in [5.74, 6) is -2.20. The average Bonchev–Trinajstić information content (AvgIpc) is 3.54. The number of rotatable bonds is 6. The van der Waals surface area contributed by atoms with E-state index in [1.54, 1.807) is 17.3 Å². The van der Waals surface area contributed by atoms with Gasteiger partial charge in [0.15, 0.2) is 5.82 Å². The number of amides is 2. The van der Waals surface area contributed by atoms with E-state index in [2.05, 4.69) is 20.4 Å². The number of likely N-dealkylation sites (tertiary alicyclic amines) is 1. The van der Waals surface area contributed by atoms with E-state index < -0.39 is 11.6 Å². The number of aromatic nitrogens is 4. The average molecular weight is 468 g/mol. The fraction of sp³-hybridized carbons (Fsp3) is 0.348. The van der Waals surface area contributed by atoms with Gasteiger partial charge in [0.25, 0.3) is 5.91 Å². The number of aliphatic hydroxyl groups is 1. The number of hydrogen-bond donors (Lipinski definition) is 2. The Morgan fingerprint density at radius 2 is 2.00 bits per heavy atom. The third kappa shape index (κ3) is 4.03. The van der Waals surface area contributed by atoms with Crippen molar-refractivity contribution in [3.63, 3.8) is 0 Å². The lowest BCUT2D eigenvalue weighted by molar-refractivity contribution is -0.133. The minimum Gasteiger partial charge on any atom is -0.394 e. The SMILES string of the molecule is O=C1NCc2nc(-c3c(F)cccc3F)nc(Cc3cnn(CC(=O)N4CCC[C@H]4CO)c3)c21. The second-order valence-corrected chi connectivity index (χ2v) is 8.38.